The number of pyridine rings is 1. The highest BCUT2D eigenvalue weighted by Gasteiger charge is 2.22. The molecule has 7 heteroatoms. The van der Waals surface area contributed by atoms with Crippen LogP contribution in [0.1, 0.15) is 5.56 Å². The third-order valence-electron chi connectivity index (χ3n) is 2.95. The van der Waals surface area contributed by atoms with Crippen molar-refractivity contribution in [2.45, 2.75) is 13.0 Å². The Balaban J connectivity index is 2.20. The van der Waals surface area contributed by atoms with E-state index in [1.165, 1.54) is 12.3 Å². The van der Waals surface area contributed by atoms with Crippen LogP contribution in [0.5, 0.6) is 0 Å². The van der Waals surface area contributed by atoms with Crippen molar-refractivity contribution in [1.82, 2.24) is 4.98 Å². The van der Waals surface area contributed by atoms with Gasteiger partial charge in [-0.25, -0.2) is 4.98 Å². The van der Waals surface area contributed by atoms with Gasteiger partial charge < -0.3 is 15.4 Å². The summed E-state index contributed by atoms with van der Waals surface area (Å²) in [5.41, 5.74) is 6.39. The van der Waals surface area contributed by atoms with E-state index in [0.717, 1.165) is 17.9 Å². The first kappa shape index (κ1) is 12.7. The predicted molar refractivity (Wildman–Crippen MR) is 66.6 cm³/mol. The minimum absolute atomic E-state index is 0.00450. The molecule has 1 saturated heterocycles. The SMILES string of the molecule is Cc1cc([N+](=O)[O-])cnc1N1CCOC(CN)C1. The number of nitrogens with zero attached hydrogens (tertiary/aromatic N) is 3. The minimum Gasteiger partial charge on any atom is -0.373 e. The van der Waals surface area contributed by atoms with E-state index in [1.54, 1.807) is 0 Å². The predicted octanol–water partition coefficient (Wildman–Crippen LogP) is 0.462. The summed E-state index contributed by atoms with van der Waals surface area (Å²) in [6, 6.07) is 1.54. The first-order valence-electron chi connectivity index (χ1n) is 5.79. The van der Waals surface area contributed by atoms with Crippen LogP contribution in [0.3, 0.4) is 0 Å². The number of hydrogen-bond acceptors (Lipinski definition) is 6. The molecule has 7 nitrogen and oxygen atoms in total. The maximum Gasteiger partial charge on any atom is 0.287 e. The van der Waals surface area contributed by atoms with Crippen molar-refractivity contribution in [3.8, 4) is 0 Å². The average molecular weight is 252 g/mol. The Hall–Kier alpha value is -1.73. The van der Waals surface area contributed by atoms with Crippen molar-refractivity contribution in [3.63, 3.8) is 0 Å². The van der Waals surface area contributed by atoms with Gasteiger partial charge in [0.2, 0.25) is 0 Å². The maximum atomic E-state index is 10.7. The molecule has 0 aliphatic carbocycles. The molecule has 0 bridgehead atoms. The standard InChI is InChI=1S/C11H16N4O3/c1-8-4-9(15(16)17)6-13-11(8)14-2-3-18-10(5-12)7-14/h4,6,10H,2-3,5,7,12H2,1H3. The zero-order valence-corrected chi connectivity index (χ0v) is 10.2. The molecule has 0 amide bonds. The molecule has 1 unspecified atom stereocenters. The van der Waals surface area contributed by atoms with Crippen molar-refractivity contribution in [2.75, 3.05) is 31.1 Å². The van der Waals surface area contributed by atoms with Gasteiger partial charge in [0, 0.05) is 25.7 Å². The first-order chi connectivity index (χ1) is 8.61. The van der Waals surface area contributed by atoms with Crippen molar-refractivity contribution in [2.24, 2.45) is 5.73 Å². The van der Waals surface area contributed by atoms with Crippen LogP contribution >= 0.6 is 0 Å². The van der Waals surface area contributed by atoms with Crippen LogP contribution in [-0.2, 0) is 4.74 Å². The number of nitrogens with two attached hydrogens (primary N) is 1. The molecule has 2 rings (SSSR count). The Labute approximate surface area is 105 Å². The lowest BCUT2D eigenvalue weighted by atomic mass is 10.2. The maximum absolute atomic E-state index is 10.7. The topological polar surface area (TPSA) is 94.5 Å². The second-order valence-electron chi connectivity index (χ2n) is 4.27. The quantitative estimate of drug-likeness (QED) is 0.620. The van der Waals surface area contributed by atoms with Gasteiger partial charge in [0.1, 0.15) is 12.0 Å². The van der Waals surface area contributed by atoms with Crippen LogP contribution in [0, 0.1) is 17.0 Å². The van der Waals surface area contributed by atoms with Crippen LogP contribution in [0.25, 0.3) is 0 Å². The average Bonchev–Trinajstić information content (AvgIpc) is 2.38. The fourth-order valence-electron chi connectivity index (χ4n) is 2.04. The van der Waals surface area contributed by atoms with Crippen LogP contribution in [0.4, 0.5) is 11.5 Å². The number of anilines is 1. The molecule has 2 N–H and O–H groups in total. The van der Waals surface area contributed by atoms with Gasteiger partial charge in [0.05, 0.1) is 17.6 Å². The molecule has 2 heterocycles. The van der Waals surface area contributed by atoms with E-state index in [-0.39, 0.29) is 11.8 Å². The number of nitro groups is 1. The number of aromatic nitrogens is 1. The fraction of sp³-hybridized carbons (Fsp3) is 0.545. The van der Waals surface area contributed by atoms with E-state index in [9.17, 15) is 10.1 Å². The summed E-state index contributed by atoms with van der Waals surface area (Å²) in [5, 5.41) is 10.7. The fourth-order valence-corrected chi connectivity index (χ4v) is 2.04. The number of ether oxygens (including phenoxy) is 1. The first-order valence-corrected chi connectivity index (χ1v) is 5.79. The molecule has 0 spiro atoms. The van der Waals surface area contributed by atoms with E-state index in [1.807, 2.05) is 6.92 Å². The molecule has 1 aromatic rings. The second kappa shape index (κ2) is 5.28. The summed E-state index contributed by atoms with van der Waals surface area (Å²) >= 11 is 0. The third-order valence-corrected chi connectivity index (χ3v) is 2.95. The van der Waals surface area contributed by atoms with Crippen LogP contribution in [-0.4, -0.2) is 42.3 Å². The highest BCUT2D eigenvalue weighted by molar-refractivity contribution is 5.50. The van der Waals surface area contributed by atoms with E-state index < -0.39 is 4.92 Å². The minimum atomic E-state index is -0.439. The van der Waals surface area contributed by atoms with Gasteiger partial charge in [0.15, 0.2) is 0 Å². The largest absolute Gasteiger partial charge is 0.373 e. The lowest BCUT2D eigenvalue weighted by Crippen LogP contribution is -2.46. The van der Waals surface area contributed by atoms with Gasteiger partial charge >= 0.3 is 0 Å². The lowest BCUT2D eigenvalue weighted by Gasteiger charge is -2.33. The van der Waals surface area contributed by atoms with E-state index in [2.05, 4.69) is 9.88 Å². The molecule has 1 fully saturated rings. The zero-order valence-electron chi connectivity index (χ0n) is 10.2. The third kappa shape index (κ3) is 2.57. The lowest BCUT2D eigenvalue weighted by molar-refractivity contribution is -0.385. The summed E-state index contributed by atoms with van der Waals surface area (Å²) < 4.78 is 5.48. The number of morpholine rings is 1. The van der Waals surface area contributed by atoms with Gasteiger partial charge in [-0.1, -0.05) is 0 Å². The van der Waals surface area contributed by atoms with Crippen molar-refractivity contribution in [1.29, 1.82) is 0 Å². The zero-order chi connectivity index (χ0) is 13.1. The van der Waals surface area contributed by atoms with Gasteiger partial charge in [-0.05, 0) is 12.5 Å². The Bertz CT molecular complexity index is 452. The summed E-state index contributed by atoms with van der Waals surface area (Å²) in [5.74, 6) is 0.766. The Morgan fingerprint density at radius 3 is 3.11 bits per heavy atom. The summed E-state index contributed by atoms with van der Waals surface area (Å²) in [6.07, 6.45) is 1.28. The van der Waals surface area contributed by atoms with Crippen molar-refractivity contribution >= 4 is 11.5 Å². The molecule has 0 saturated carbocycles. The van der Waals surface area contributed by atoms with E-state index in [0.29, 0.717) is 19.7 Å². The summed E-state index contributed by atoms with van der Waals surface area (Å²) in [6.45, 7) is 4.27. The monoisotopic (exact) mass is 252 g/mol. The highest BCUT2D eigenvalue weighted by Crippen LogP contribution is 2.23. The molecule has 0 aromatic carbocycles. The molecule has 1 aromatic heterocycles. The Morgan fingerprint density at radius 2 is 2.50 bits per heavy atom. The van der Waals surface area contributed by atoms with E-state index >= 15 is 0 Å². The van der Waals surface area contributed by atoms with Gasteiger partial charge in [-0.15, -0.1) is 0 Å². The van der Waals surface area contributed by atoms with Gasteiger partial charge in [-0.3, -0.25) is 10.1 Å². The van der Waals surface area contributed by atoms with Gasteiger partial charge in [0.25, 0.3) is 5.69 Å². The summed E-state index contributed by atoms with van der Waals surface area (Å²) in [7, 11) is 0. The molecule has 18 heavy (non-hydrogen) atoms. The smallest absolute Gasteiger partial charge is 0.287 e. The van der Waals surface area contributed by atoms with Crippen LogP contribution < -0.4 is 10.6 Å². The van der Waals surface area contributed by atoms with Crippen molar-refractivity contribution in [3.05, 3.63) is 27.9 Å². The van der Waals surface area contributed by atoms with Crippen LogP contribution in [0.2, 0.25) is 0 Å². The molecule has 98 valence electrons. The molecule has 1 atom stereocenters. The number of aryl methyl sites for hydroxylation is 1. The second-order valence-corrected chi connectivity index (χ2v) is 4.27. The number of hydrogen-bond donors (Lipinski definition) is 1. The summed E-state index contributed by atoms with van der Waals surface area (Å²) in [4.78, 5) is 16.5. The highest BCUT2D eigenvalue weighted by atomic mass is 16.6. The normalized spacial score (nSPS) is 19.9. The molecular formula is C11H16N4O3. The van der Waals surface area contributed by atoms with Crippen molar-refractivity contribution < 1.29 is 9.66 Å². The molecule has 1 aliphatic heterocycles. The molecule has 1 aliphatic rings. The van der Waals surface area contributed by atoms with Crippen LogP contribution in [0.15, 0.2) is 12.3 Å². The molecular weight excluding hydrogens is 236 g/mol. The Kier molecular flexibility index (Phi) is 3.73. The number of rotatable bonds is 3. The van der Waals surface area contributed by atoms with E-state index in [4.69, 9.17) is 10.5 Å². The van der Waals surface area contributed by atoms with Gasteiger partial charge in [-0.2, -0.15) is 0 Å². The molecule has 0 radical (unpaired) electrons. The Morgan fingerprint density at radius 1 is 1.72 bits per heavy atom.